The molecule has 1 aromatic rings. The van der Waals surface area contributed by atoms with Gasteiger partial charge < -0.3 is 5.73 Å². The second-order valence-electron chi connectivity index (χ2n) is 2.75. The molecule has 0 aliphatic rings. The molecule has 5 nitrogen and oxygen atoms in total. The smallest absolute Gasteiger partial charge is 0.223 e. The van der Waals surface area contributed by atoms with E-state index in [2.05, 4.69) is 20.5 Å². The minimum atomic E-state index is 0.129. The standard InChI is InChI=1S/C8H12ClN5/c1-3-5(2)13-14-7-4-6(9)11-8(10)12-7/h4H,3H2,1-2H3,(H3,10,11,12,14)/b13-5+. The van der Waals surface area contributed by atoms with Crippen molar-refractivity contribution in [1.29, 1.82) is 0 Å². The molecule has 0 fully saturated rings. The Labute approximate surface area is 87.4 Å². The van der Waals surface area contributed by atoms with Gasteiger partial charge in [0.25, 0.3) is 0 Å². The van der Waals surface area contributed by atoms with Crippen LogP contribution in [0.3, 0.4) is 0 Å². The van der Waals surface area contributed by atoms with Crippen molar-refractivity contribution in [3.63, 3.8) is 0 Å². The van der Waals surface area contributed by atoms with E-state index < -0.39 is 0 Å². The molecule has 0 spiro atoms. The maximum Gasteiger partial charge on any atom is 0.223 e. The molecule has 0 saturated carbocycles. The van der Waals surface area contributed by atoms with Gasteiger partial charge in [-0.15, -0.1) is 0 Å². The van der Waals surface area contributed by atoms with E-state index >= 15 is 0 Å². The number of halogens is 1. The van der Waals surface area contributed by atoms with Crippen LogP contribution in [0.15, 0.2) is 11.2 Å². The molecule has 0 unspecified atom stereocenters. The fourth-order valence-electron chi connectivity index (χ4n) is 0.724. The van der Waals surface area contributed by atoms with Crippen LogP contribution in [0.4, 0.5) is 11.8 Å². The Morgan fingerprint density at radius 3 is 2.93 bits per heavy atom. The lowest BCUT2D eigenvalue weighted by molar-refractivity contribution is 1.14. The molecule has 0 aliphatic heterocycles. The van der Waals surface area contributed by atoms with Gasteiger partial charge in [-0.25, -0.2) is 4.98 Å². The van der Waals surface area contributed by atoms with E-state index in [-0.39, 0.29) is 5.95 Å². The van der Waals surface area contributed by atoms with Crippen molar-refractivity contribution in [2.24, 2.45) is 5.10 Å². The molecule has 6 heteroatoms. The van der Waals surface area contributed by atoms with Gasteiger partial charge in [0, 0.05) is 11.8 Å². The highest BCUT2D eigenvalue weighted by molar-refractivity contribution is 6.29. The topological polar surface area (TPSA) is 76.2 Å². The zero-order chi connectivity index (χ0) is 10.6. The monoisotopic (exact) mass is 213 g/mol. The summed E-state index contributed by atoms with van der Waals surface area (Å²) >= 11 is 5.68. The summed E-state index contributed by atoms with van der Waals surface area (Å²) < 4.78 is 0. The molecular weight excluding hydrogens is 202 g/mol. The lowest BCUT2D eigenvalue weighted by atomic mass is 10.3. The van der Waals surface area contributed by atoms with Gasteiger partial charge in [-0.3, -0.25) is 5.43 Å². The molecule has 0 saturated heterocycles. The van der Waals surface area contributed by atoms with Crippen molar-refractivity contribution in [3.8, 4) is 0 Å². The fraction of sp³-hybridized carbons (Fsp3) is 0.375. The molecule has 1 rings (SSSR count). The number of nitrogens with one attached hydrogen (secondary N) is 1. The van der Waals surface area contributed by atoms with E-state index in [4.69, 9.17) is 17.3 Å². The third-order valence-corrected chi connectivity index (χ3v) is 1.78. The number of hydrazone groups is 1. The first-order valence-electron chi connectivity index (χ1n) is 4.21. The van der Waals surface area contributed by atoms with E-state index in [0.29, 0.717) is 11.0 Å². The van der Waals surface area contributed by atoms with Crippen LogP contribution in [-0.4, -0.2) is 15.7 Å². The Balaban J connectivity index is 2.77. The van der Waals surface area contributed by atoms with E-state index in [1.807, 2.05) is 13.8 Å². The van der Waals surface area contributed by atoms with Crippen molar-refractivity contribution in [1.82, 2.24) is 9.97 Å². The Hall–Kier alpha value is -1.36. The lowest BCUT2D eigenvalue weighted by Crippen LogP contribution is -2.01. The Morgan fingerprint density at radius 2 is 2.36 bits per heavy atom. The molecule has 0 bridgehead atoms. The van der Waals surface area contributed by atoms with Crippen LogP contribution in [0.5, 0.6) is 0 Å². The van der Waals surface area contributed by atoms with E-state index in [1.165, 1.54) is 0 Å². The molecule has 0 atom stereocenters. The minimum Gasteiger partial charge on any atom is -0.368 e. The van der Waals surface area contributed by atoms with Gasteiger partial charge in [-0.05, 0) is 13.3 Å². The number of hydrogen-bond donors (Lipinski definition) is 2. The van der Waals surface area contributed by atoms with E-state index in [1.54, 1.807) is 6.07 Å². The van der Waals surface area contributed by atoms with Gasteiger partial charge in [-0.1, -0.05) is 18.5 Å². The first-order valence-corrected chi connectivity index (χ1v) is 4.59. The predicted octanol–water partition coefficient (Wildman–Crippen LogP) is 1.91. The molecule has 0 radical (unpaired) electrons. The Morgan fingerprint density at radius 1 is 1.64 bits per heavy atom. The summed E-state index contributed by atoms with van der Waals surface area (Å²) in [6, 6.07) is 1.56. The van der Waals surface area contributed by atoms with Crippen LogP contribution in [0.2, 0.25) is 5.15 Å². The van der Waals surface area contributed by atoms with Crippen molar-refractivity contribution in [3.05, 3.63) is 11.2 Å². The third kappa shape index (κ3) is 3.18. The van der Waals surface area contributed by atoms with Gasteiger partial charge in [0.05, 0.1) is 0 Å². The lowest BCUT2D eigenvalue weighted by Gasteiger charge is -2.01. The second kappa shape index (κ2) is 4.76. The summed E-state index contributed by atoms with van der Waals surface area (Å²) in [6.07, 6.45) is 0.876. The normalized spacial score (nSPS) is 11.5. The average Bonchev–Trinajstić information content (AvgIpc) is 2.12. The second-order valence-corrected chi connectivity index (χ2v) is 3.13. The van der Waals surface area contributed by atoms with Crippen molar-refractivity contribution >= 4 is 29.1 Å². The molecule has 0 aliphatic carbocycles. The fourth-order valence-corrected chi connectivity index (χ4v) is 0.914. The van der Waals surface area contributed by atoms with Crippen molar-refractivity contribution in [2.75, 3.05) is 11.2 Å². The van der Waals surface area contributed by atoms with E-state index in [9.17, 15) is 0 Å². The van der Waals surface area contributed by atoms with Crippen LogP contribution >= 0.6 is 11.6 Å². The highest BCUT2D eigenvalue weighted by atomic mass is 35.5. The summed E-state index contributed by atoms with van der Waals surface area (Å²) in [6.45, 7) is 3.93. The highest BCUT2D eigenvalue weighted by Crippen LogP contribution is 2.12. The first kappa shape index (κ1) is 10.7. The number of aromatic nitrogens is 2. The van der Waals surface area contributed by atoms with Crippen LogP contribution < -0.4 is 11.2 Å². The maximum atomic E-state index is 5.68. The summed E-state index contributed by atoms with van der Waals surface area (Å²) in [4.78, 5) is 7.63. The van der Waals surface area contributed by atoms with Gasteiger partial charge in [0.2, 0.25) is 5.95 Å². The predicted molar refractivity (Wildman–Crippen MR) is 58.5 cm³/mol. The summed E-state index contributed by atoms with van der Waals surface area (Å²) in [7, 11) is 0. The SMILES string of the molecule is CC/C(C)=N/Nc1cc(Cl)nc(N)n1. The summed E-state index contributed by atoms with van der Waals surface area (Å²) in [5, 5.41) is 4.35. The number of rotatable bonds is 3. The summed E-state index contributed by atoms with van der Waals surface area (Å²) in [5.41, 5.74) is 9.12. The first-order chi connectivity index (χ1) is 6.61. The molecule has 1 aromatic heterocycles. The number of nitrogens with zero attached hydrogens (tertiary/aromatic N) is 3. The Kier molecular flexibility index (Phi) is 3.64. The largest absolute Gasteiger partial charge is 0.368 e. The average molecular weight is 214 g/mol. The molecule has 76 valence electrons. The highest BCUT2D eigenvalue weighted by Gasteiger charge is 1.98. The number of nitrogen functional groups attached to an aromatic ring is 1. The van der Waals surface area contributed by atoms with Gasteiger partial charge in [0.1, 0.15) is 5.15 Å². The zero-order valence-corrected chi connectivity index (χ0v) is 8.84. The van der Waals surface area contributed by atoms with Crippen LogP contribution in [0.1, 0.15) is 20.3 Å². The maximum absolute atomic E-state index is 5.68. The molecule has 3 N–H and O–H groups in total. The molecule has 14 heavy (non-hydrogen) atoms. The molecule has 0 aromatic carbocycles. The van der Waals surface area contributed by atoms with Crippen molar-refractivity contribution in [2.45, 2.75) is 20.3 Å². The molecule has 1 heterocycles. The zero-order valence-electron chi connectivity index (χ0n) is 8.08. The number of hydrogen-bond acceptors (Lipinski definition) is 5. The van der Waals surface area contributed by atoms with Crippen LogP contribution in [0.25, 0.3) is 0 Å². The molecule has 0 amide bonds. The van der Waals surface area contributed by atoms with E-state index in [0.717, 1.165) is 12.1 Å². The quantitative estimate of drug-likeness (QED) is 0.457. The third-order valence-electron chi connectivity index (χ3n) is 1.59. The van der Waals surface area contributed by atoms with Gasteiger partial charge >= 0.3 is 0 Å². The Bertz CT molecular complexity index is 329. The van der Waals surface area contributed by atoms with Gasteiger partial charge in [0.15, 0.2) is 5.82 Å². The number of nitrogens with two attached hydrogens (primary N) is 1. The summed E-state index contributed by atoms with van der Waals surface area (Å²) in [5.74, 6) is 0.625. The molecular formula is C8H12ClN5. The van der Waals surface area contributed by atoms with Crippen LogP contribution in [-0.2, 0) is 0 Å². The van der Waals surface area contributed by atoms with Gasteiger partial charge in [-0.2, -0.15) is 10.1 Å². The van der Waals surface area contributed by atoms with Crippen molar-refractivity contribution < 1.29 is 0 Å². The minimum absolute atomic E-state index is 0.129. The number of anilines is 2. The van der Waals surface area contributed by atoms with Crippen LogP contribution in [0, 0.1) is 0 Å².